The molecule has 3 nitrogen and oxygen atoms in total. The van der Waals surface area contributed by atoms with Gasteiger partial charge >= 0.3 is 0 Å². The highest BCUT2D eigenvalue weighted by molar-refractivity contribution is 5.85. The molecule has 0 amide bonds. The van der Waals surface area contributed by atoms with E-state index in [4.69, 9.17) is 5.73 Å². The van der Waals surface area contributed by atoms with Gasteiger partial charge in [0.2, 0.25) is 0 Å². The summed E-state index contributed by atoms with van der Waals surface area (Å²) < 4.78 is 0. The Bertz CT molecular complexity index is 431. The molecule has 1 aromatic carbocycles. The number of hydrogen-bond acceptors (Lipinski definition) is 3. The van der Waals surface area contributed by atoms with Crippen LogP contribution in [0.3, 0.4) is 0 Å². The molecule has 84 valence electrons. The molecule has 0 fully saturated rings. The second-order valence-electron chi connectivity index (χ2n) is 3.26. The van der Waals surface area contributed by atoms with Crippen molar-refractivity contribution in [3.63, 3.8) is 0 Å². The Morgan fingerprint density at radius 3 is 2.50 bits per heavy atom. The highest BCUT2D eigenvalue weighted by atomic mass is 35.5. The van der Waals surface area contributed by atoms with Crippen molar-refractivity contribution < 1.29 is 0 Å². The van der Waals surface area contributed by atoms with Crippen LogP contribution in [0.25, 0.3) is 11.3 Å². The highest BCUT2D eigenvalue weighted by Gasteiger charge is 2.00. The summed E-state index contributed by atoms with van der Waals surface area (Å²) >= 11 is 0. The molecule has 0 aliphatic heterocycles. The summed E-state index contributed by atoms with van der Waals surface area (Å²) in [4.78, 5) is 8.61. The standard InChI is InChI=1S/C12H13N3.ClH/c13-8-6-12-14-9-7-11(15-12)10-4-2-1-3-5-10;/h1-5,7,9H,6,8,13H2;1H. The number of aromatic nitrogens is 2. The number of nitrogens with two attached hydrogens (primary N) is 1. The van der Waals surface area contributed by atoms with Crippen LogP contribution in [0.2, 0.25) is 0 Å². The van der Waals surface area contributed by atoms with E-state index in [1.54, 1.807) is 6.20 Å². The van der Waals surface area contributed by atoms with Crippen LogP contribution in [-0.4, -0.2) is 16.5 Å². The fraction of sp³-hybridized carbons (Fsp3) is 0.167. The second-order valence-corrected chi connectivity index (χ2v) is 3.26. The Morgan fingerprint density at radius 2 is 1.81 bits per heavy atom. The number of nitrogens with zero attached hydrogens (tertiary/aromatic N) is 2. The minimum atomic E-state index is 0. The maximum Gasteiger partial charge on any atom is 0.130 e. The maximum atomic E-state index is 5.47. The number of halogens is 1. The molecule has 2 N–H and O–H groups in total. The third-order valence-electron chi connectivity index (χ3n) is 2.14. The molecule has 0 aliphatic carbocycles. The lowest BCUT2D eigenvalue weighted by molar-refractivity contribution is 0.869. The third kappa shape index (κ3) is 3.02. The van der Waals surface area contributed by atoms with Crippen LogP contribution in [0, 0.1) is 0 Å². The second kappa shape index (κ2) is 6.20. The van der Waals surface area contributed by atoms with Crippen molar-refractivity contribution >= 4 is 12.4 Å². The molecular formula is C12H14ClN3. The monoisotopic (exact) mass is 235 g/mol. The van der Waals surface area contributed by atoms with E-state index >= 15 is 0 Å². The van der Waals surface area contributed by atoms with Crippen molar-refractivity contribution in [2.75, 3.05) is 6.54 Å². The molecule has 0 radical (unpaired) electrons. The smallest absolute Gasteiger partial charge is 0.130 e. The van der Waals surface area contributed by atoms with E-state index in [9.17, 15) is 0 Å². The normalized spacial score (nSPS) is 9.56. The lowest BCUT2D eigenvalue weighted by atomic mass is 10.1. The van der Waals surface area contributed by atoms with Gasteiger partial charge in [-0.05, 0) is 12.6 Å². The lowest BCUT2D eigenvalue weighted by Crippen LogP contribution is -2.06. The van der Waals surface area contributed by atoms with Gasteiger partial charge in [-0.3, -0.25) is 0 Å². The minimum absolute atomic E-state index is 0. The quantitative estimate of drug-likeness (QED) is 0.886. The summed E-state index contributed by atoms with van der Waals surface area (Å²) in [5.41, 5.74) is 7.53. The number of hydrogen-bond donors (Lipinski definition) is 1. The molecular weight excluding hydrogens is 222 g/mol. The van der Waals surface area contributed by atoms with E-state index in [-0.39, 0.29) is 12.4 Å². The molecule has 1 aromatic heterocycles. The summed E-state index contributed by atoms with van der Waals surface area (Å²) in [6, 6.07) is 12.0. The first kappa shape index (κ1) is 12.6. The molecule has 0 unspecified atom stereocenters. The van der Waals surface area contributed by atoms with Crippen molar-refractivity contribution in [1.29, 1.82) is 0 Å². The summed E-state index contributed by atoms with van der Waals surface area (Å²) in [6.07, 6.45) is 2.50. The Morgan fingerprint density at radius 1 is 1.06 bits per heavy atom. The van der Waals surface area contributed by atoms with Crippen LogP contribution in [0.15, 0.2) is 42.6 Å². The fourth-order valence-electron chi connectivity index (χ4n) is 1.42. The zero-order valence-corrected chi connectivity index (χ0v) is 9.65. The van der Waals surface area contributed by atoms with E-state index in [0.29, 0.717) is 6.54 Å². The molecule has 0 bridgehead atoms. The number of rotatable bonds is 3. The predicted molar refractivity (Wildman–Crippen MR) is 67.5 cm³/mol. The van der Waals surface area contributed by atoms with E-state index < -0.39 is 0 Å². The molecule has 0 saturated carbocycles. The lowest BCUT2D eigenvalue weighted by Gasteiger charge is -2.02. The van der Waals surface area contributed by atoms with E-state index in [2.05, 4.69) is 9.97 Å². The van der Waals surface area contributed by atoms with Gasteiger partial charge in [-0.15, -0.1) is 12.4 Å². The highest BCUT2D eigenvalue weighted by Crippen LogP contribution is 2.15. The van der Waals surface area contributed by atoms with Crippen LogP contribution >= 0.6 is 12.4 Å². The molecule has 4 heteroatoms. The molecule has 1 heterocycles. The summed E-state index contributed by atoms with van der Waals surface area (Å²) in [5, 5.41) is 0. The van der Waals surface area contributed by atoms with Crippen LogP contribution < -0.4 is 5.73 Å². The average Bonchev–Trinajstić information content (AvgIpc) is 2.31. The maximum absolute atomic E-state index is 5.47. The van der Waals surface area contributed by atoms with Crippen LogP contribution in [0.4, 0.5) is 0 Å². The van der Waals surface area contributed by atoms with Gasteiger partial charge in [0.25, 0.3) is 0 Å². The molecule has 16 heavy (non-hydrogen) atoms. The zero-order valence-electron chi connectivity index (χ0n) is 8.84. The number of benzene rings is 1. The van der Waals surface area contributed by atoms with E-state index in [1.165, 1.54) is 0 Å². The average molecular weight is 236 g/mol. The minimum Gasteiger partial charge on any atom is -0.330 e. The van der Waals surface area contributed by atoms with Gasteiger partial charge in [-0.1, -0.05) is 30.3 Å². The first-order valence-electron chi connectivity index (χ1n) is 4.97. The van der Waals surface area contributed by atoms with Crippen molar-refractivity contribution in [2.45, 2.75) is 6.42 Å². The van der Waals surface area contributed by atoms with Gasteiger partial charge in [-0.25, -0.2) is 9.97 Å². The van der Waals surface area contributed by atoms with Gasteiger partial charge in [-0.2, -0.15) is 0 Å². The fourth-order valence-corrected chi connectivity index (χ4v) is 1.42. The summed E-state index contributed by atoms with van der Waals surface area (Å²) in [5.74, 6) is 0.804. The first-order valence-corrected chi connectivity index (χ1v) is 4.97. The SMILES string of the molecule is Cl.NCCc1nccc(-c2ccccc2)n1. The van der Waals surface area contributed by atoms with Crippen molar-refractivity contribution in [2.24, 2.45) is 5.73 Å². The van der Waals surface area contributed by atoms with Crippen LogP contribution in [-0.2, 0) is 6.42 Å². The summed E-state index contributed by atoms with van der Waals surface area (Å²) in [7, 11) is 0. The third-order valence-corrected chi connectivity index (χ3v) is 2.14. The van der Waals surface area contributed by atoms with Crippen LogP contribution in [0.5, 0.6) is 0 Å². The first-order chi connectivity index (χ1) is 7.40. The summed E-state index contributed by atoms with van der Waals surface area (Å²) in [6.45, 7) is 0.582. The zero-order chi connectivity index (χ0) is 10.5. The van der Waals surface area contributed by atoms with Crippen LogP contribution in [0.1, 0.15) is 5.82 Å². The van der Waals surface area contributed by atoms with Gasteiger partial charge in [0.15, 0.2) is 0 Å². The largest absolute Gasteiger partial charge is 0.330 e. The molecule has 2 rings (SSSR count). The Balaban J connectivity index is 0.00000128. The van der Waals surface area contributed by atoms with Crippen molar-refractivity contribution in [1.82, 2.24) is 9.97 Å². The van der Waals surface area contributed by atoms with Gasteiger partial charge in [0.1, 0.15) is 5.82 Å². The predicted octanol–water partition coefficient (Wildman–Crippen LogP) is 2.07. The molecule has 0 atom stereocenters. The molecule has 2 aromatic rings. The van der Waals surface area contributed by atoms with Gasteiger partial charge in [0.05, 0.1) is 5.69 Å². The van der Waals surface area contributed by atoms with E-state index in [0.717, 1.165) is 23.5 Å². The van der Waals surface area contributed by atoms with Gasteiger partial charge in [0, 0.05) is 18.2 Å². The Kier molecular flexibility index (Phi) is 4.89. The van der Waals surface area contributed by atoms with Crippen molar-refractivity contribution in [3.05, 3.63) is 48.4 Å². The Hall–Kier alpha value is -1.45. The molecule has 0 aliphatic rings. The van der Waals surface area contributed by atoms with E-state index in [1.807, 2.05) is 36.4 Å². The molecule has 0 spiro atoms. The van der Waals surface area contributed by atoms with Crippen molar-refractivity contribution in [3.8, 4) is 11.3 Å². The topological polar surface area (TPSA) is 51.8 Å². The van der Waals surface area contributed by atoms with Gasteiger partial charge < -0.3 is 5.73 Å². The Labute approximate surface area is 101 Å². The molecule has 0 saturated heterocycles.